The monoisotopic (exact) mass is 347 g/mol. The Balaban J connectivity index is 1.62. The molecule has 0 aliphatic rings. The van der Waals surface area contributed by atoms with Gasteiger partial charge in [0.15, 0.2) is 0 Å². The van der Waals surface area contributed by atoms with E-state index in [4.69, 9.17) is 20.5 Å². The molecule has 2 rings (SSSR count). The molecule has 0 saturated carbocycles. The quantitative estimate of drug-likeness (QED) is 0.645. The number of benzene rings is 2. The highest BCUT2D eigenvalue weighted by atomic mass is 31.1. The minimum absolute atomic E-state index is 0.179. The van der Waals surface area contributed by atoms with E-state index < -0.39 is 8.25 Å². The first-order valence-electron chi connectivity index (χ1n) is 7.95. The van der Waals surface area contributed by atoms with Gasteiger partial charge >= 0.3 is 8.25 Å². The van der Waals surface area contributed by atoms with Crippen molar-refractivity contribution in [1.82, 2.24) is 0 Å². The molecule has 0 aromatic heterocycles. The van der Waals surface area contributed by atoms with E-state index >= 15 is 0 Å². The summed E-state index contributed by atoms with van der Waals surface area (Å²) in [5, 5.41) is 0. The number of nitrogens with two attached hydrogens (primary N) is 2. The summed E-state index contributed by atoms with van der Waals surface area (Å²) in [6, 6.07) is 19.3. The van der Waals surface area contributed by atoms with E-state index in [9.17, 15) is 4.57 Å². The van der Waals surface area contributed by atoms with Crippen molar-refractivity contribution < 1.29 is 13.6 Å². The minimum atomic E-state index is -2.20. The molecule has 0 heterocycles. The van der Waals surface area contributed by atoms with Crippen LogP contribution in [-0.2, 0) is 26.5 Å². The van der Waals surface area contributed by atoms with Crippen LogP contribution in [0.15, 0.2) is 60.7 Å². The van der Waals surface area contributed by atoms with Gasteiger partial charge in [0.05, 0.1) is 0 Å². The Kier molecular flexibility index (Phi) is 8.02. The summed E-state index contributed by atoms with van der Waals surface area (Å²) in [6.07, 6.45) is 1.33. The second-order valence-corrected chi connectivity index (χ2v) is 6.68. The molecule has 0 radical (unpaired) electrons. The Labute approximate surface area is 143 Å². The zero-order valence-electron chi connectivity index (χ0n) is 13.6. The molecule has 5 nitrogen and oxygen atoms in total. The van der Waals surface area contributed by atoms with Crippen LogP contribution in [0.2, 0.25) is 0 Å². The first kappa shape index (κ1) is 18.7. The third-order valence-electron chi connectivity index (χ3n) is 3.47. The average molecular weight is 347 g/mol. The maximum Gasteiger partial charge on any atom is 0.697 e. The summed E-state index contributed by atoms with van der Waals surface area (Å²) in [6.45, 7) is 0.357. The van der Waals surface area contributed by atoms with Crippen molar-refractivity contribution in [2.75, 3.05) is 13.2 Å². The lowest BCUT2D eigenvalue weighted by atomic mass is 10.1. The zero-order valence-corrected chi connectivity index (χ0v) is 14.5. The Morgan fingerprint density at radius 1 is 0.750 bits per heavy atom. The smallest absolute Gasteiger partial charge is 0.325 e. The maximum atomic E-state index is 11.7. The van der Waals surface area contributed by atoms with Crippen LogP contribution in [0.4, 0.5) is 0 Å². The second kappa shape index (κ2) is 10.3. The molecule has 128 valence electrons. The zero-order chi connectivity index (χ0) is 17.2. The third-order valence-corrected chi connectivity index (χ3v) is 4.19. The van der Waals surface area contributed by atoms with Gasteiger partial charge < -0.3 is 11.5 Å². The lowest BCUT2D eigenvalue weighted by molar-refractivity contribution is 0.205. The van der Waals surface area contributed by atoms with Crippen molar-refractivity contribution in [3.05, 3.63) is 71.8 Å². The molecule has 2 unspecified atom stereocenters. The van der Waals surface area contributed by atoms with Crippen molar-refractivity contribution in [2.45, 2.75) is 24.9 Å². The van der Waals surface area contributed by atoms with Crippen molar-refractivity contribution in [2.24, 2.45) is 11.5 Å². The normalized spacial score (nSPS) is 14.2. The Bertz CT molecular complexity index is 557. The van der Waals surface area contributed by atoms with Crippen LogP contribution in [-0.4, -0.2) is 25.3 Å². The van der Waals surface area contributed by atoms with Crippen LogP contribution < -0.4 is 11.5 Å². The van der Waals surface area contributed by atoms with Crippen LogP contribution in [0.1, 0.15) is 11.1 Å². The topological polar surface area (TPSA) is 87.6 Å². The summed E-state index contributed by atoms with van der Waals surface area (Å²) >= 11 is 0. The van der Waals surface area contributed by atoms with Crippen LogP contribution in [0.5, 0.6) is 0 Å². The van der Waals surface area contributed by atoms with Gasteiger partial charge in [-0.05, 0) is 24.0 Å². The van der Waals surface area contributed by atoms with Gasteiger partial charge in [0, 0.05) is 16.6 Å². The van der Waals surface area contributed by atoms with Gasteiger partial charge in [0.1, 0.15) is 13.2 Å². The molecule has 0 spiro atoms. The van der Waals surface area contributed by atoms with Crippen molar-refractivity contribution in [3.63, 3.8) is 0 Å². The van der Waals surface area contributed by atoms with Gasteiger partial charge in [-0.3, -0.25) is 0 Å². The van der Waals surface area contributed by atoms with Crippen molar-refractivity contribution in [3.8, 4) is 0 Å². The average Bonchev–Trinajstić information content (AvgIpc) is 2.60. The standard InChI is InChI=1S/C18H24N2O3P/c19-17(11-15-7-3-1-4-8-15)13-22-24(21)23-14-18(20)12-16-9-5-2-6-10-16/h1-10,17-18H,11-14,19-20H2/q+1. The van der Waals surface area contributed by atoms with E-state index in [1.165, 1.54) is 0 Å². The van der Waals surface area contributed by atoms with Gasteiger partial charge in [-0.1, -0.05) is 60.7 Å². The van der Waals surface area contributed by atoms with Crippen LogP contribution in [0.3, 0.4) is 0 Å². The molecule has 0 saturated heterocycles. The van der Waals surface area contributed by atoms with Crippen LogP contribution >= 0.6 is 8.25 Å². The molecule has 0 fully saturated rings. The Morgan fingerprint density at radius 3 is 1.50 bits per heavy atom. The molecule has 4 N–H and O–H groups in total. The highest BCUT2D eigenvalue weighted by molar-refractivity contribution is 7.33. The van der Waals surface area contributed by atoms with E-state index in [-0.39, 0.29) is 25.3 Å². The van der Waals surface area contributed by atoms with E-state index in [1.54, 1.807) is 0 Å². The molecule has 2 aromatic carbocycles. The highest BCUT2D eigenvalue weighted by Gasteiger charge is 2.23. The van der Waals surface area contributed by atoms with E-state index in [1.807, 2.05) is 60.7 Å². The molecule has 0 bridgehead atoms. The molecular formula is C18H24N2O3P+. The van der Waals surface area contributed by atoms with Crippen LogP contribution in [0.25, 0.3) is 0 Å². The third kappa shape index (κ3) is 7.30. The lowest BCUT2D eigenvalue weighted by Crippen LogP contribution is -2.29. The van der Waals surface area contributed by atoms with E-state index in [0.717, 1.165) is 11.1 Å². The molecule has 0 aliphatic carbocycles. The van der Waals surface area contributed by atoms with E-state index in [2.05, 4.69) is 0 Å². The summed E-state index contributed by atoms with van der Waals surface area (Å²) in [7, 11) is -2.20. The fourth-order valence-electron chi connectivity index (χ4n) is 2.30. The van der Waals surface area contributed by atoms with E-state index in [0.29, 0.717) is 12.8 Å². The molecule has 2 atom stereocenters. The van der Waals surface area contributed by atoms with Crippen LogP contribution in [0, 0.1) is 0 Å². The van der Waals surface area contributed by atoms with Gasteiger partial charge in [-0.2, -0.15) is 0 Å². The molecular weight excluding hydrogens is 323 g/mol. The first-order valence-corrected chi connectivity index (χ1v) is 9.05. The summed E-state index contributed by atoms with van der Waals surface area (Å²) in [5.41, 5.74) is 14.2. The fraction of sp³-hybridized carbons (Fsp3) is 0.333. The second-order valence-electron chi connectivity index (χ2n) is 5.71. The SMILES string of the molecule is NC(CO[P+](=O)OCC(N)Cc1ccccc1)Cc1ccccc1. The predicted molar refractivity (Wildman–Crippen MR) is 95.8 cm³/mol. The van der Waals surface area contributed by atoms with Crippen molar-refractivity contribution >= 4 is 8.25 Å². The largest absolute Gasteiger partial charge is 0.697 e. The maximum absolute atomic E-state index is 11.7. The van der Waals surface area contributed by atoms with Gasteiger partial charge in [-0.25, -0.2) is 0 Å². The van der Waals surface area contributed by atoms with Crippen molar-refractivity contribution in [1.29, 1.82) is 0 Å². The Morgan fingerprint density at radius 2 is 1.12 bits per heavy atom. The number of hydrogen-bond donors (Lipinski definition) is 2. The predicted octanol–water partition coefficient (Wildman–Crippen LogP) is 2.82. The summed E-state index contributed by atoms with van der Waals surface area (Å²) in [4.78, 5) is 0. The molecule has 0 amide bonds. The minimum Gasteiger partial charge on any atom is -0.325 e. The summed E-state index contributed by atoms with van der Waals surface area (Å²) in [5.74, 6) is 0. The molecule has 24 heavy (non-hydrogen) atoms. The molecule has 2 aromatic rings. The molecule has 6 heteroatoms. The number of rotatable bonds is 10. The number of hydrogen-bond acceptors (Lipinski definition) is 5. The summed E-state index contributed by atoms with van der Waals surface area (Å²) < 4.78 is 22.1. The fourth-order valence-corrected chi connectivity index (χ4v) is 3.00. The lowest BCUT2D eigenvalue weighted by Gasteiger charge is -2.08. The first-order chi connectivity index (χ1) is 11.6. The van der Waals surface area contributed by atoms with Gasteiger partial charge in [0.2, 0.25) is 0 Å². The highest BCUT2D eigenvalue weighted by Crippen LogP contribution is 2.24. The Hall–Kier alpha value is -1.62. The van der Waals surface area contributed by atoms with Gasteiger partial charge in [0.25, 0.3) is 0 Å². The van der Waals surface area contributed by atoms with Gasteiger partial charge in [-0.15, -0.1) is 9.05 Å². The molecule has 0 aliphatic heterocycles.